The summed E-state index contributed by atoms with van der Waals surface area (Å²) in [6, 6.07) is 3.11. The number of rotatable bonds is 4. The van der Waals surface area contributed by atoms with Crippen molar-refractivity contribution in [3.8, 4) is 5.88 Å². The highest BCUT2D eigenvalue weighted by atomic mass is 19.1. The van der Waals surface area contributed by atoms with Crippen LogP contribution in [0.2, 0.25) is 0 Å². The van der Waals surface area contributed by atoms with Crippen LogP contribution < -0.4 is 9.47 Å². The number of pyridine rings is 1. The molecular weight excluding hydrogens is 315 g/mol. The molecule has 0 spiro atoms. The number of halogens is 1. The van der Waals surface area contributed by atoms with Gasteiger partial charge in [0.2, 0.25) is 5.82 Å². The molecule has 0 N–H and O–H groups in total. The largest absolute Gasteiger partial charge is 0.619 e. The third-order valence-corrected chi connectivity index (χ3v) is 3.90. The quantitative estimate of drug-likeness (QED) is 0.619. The molecule has 1 aliphatic rings. The summed E-state index contributed by atoms with van der Waals surface area (Å²) in [4.78, 5) is 21.7. The van der Waals surface area contributed by atoms with Crippen LogP contribution >= 0.6 is 0 Å². The van der Waals surface area contributed by atoms with E-state index in [1.807, 2.05) is 0 Å². The van der Waals surface area contributed by atoms with Gasteiger partial charge in [-0.25, -0.2) is 4.98 Å². The van der Waals surface area contributed by atoms with Gasteiger partial charge in [-0.15, -0.1) is 0 Å². The van der Waals surface area contributed by atoms with Crippen LogP contribution in [-0.4, -0.2) is 40.0 Å². The van der Waals surface area contributed by atoms with Crippen LogP contribution in [-0.2, 0) is 6.42 Å². The van der Waals surface area contributed by atoms with Crippen molar-refractivity contribution >= 4 is 5.91 Å². The van der Waals surface area contributed by atoms with Gasteiger partial charge < -0.3 is 14.8 Å². The van der Waals surface area contributed by atoms with Gasteiger partial charge in [-0.3, -0.25) is 4.79 Å². The summed E-state index contributed by atoms with van der Waals surface area (Å²) in [7, 11) is 0. The first-order valence-corrected chi connectivity index (χ1v) is 7.72. The van der Waals surface area contributed by atoms with Crippen molar-refractivity contribution < 1.29 is 18.7 Å². The predicted octanol–water partition coefficient (Wildman–Crippen LogP) is 1.10. The van der Waals surface area contributed by atoms with E-state index in [2.05, 4.69) is 9.97 Å². The SMILES string of the molecule is CCc1ncnc(O[C@@H]2CCN(C(=O)c3ccc[n+]([O-])c3)C2)c1F. The third-order valence-electron chi connectivity index (χ3n) is 3.90. The molecule has 0 radical (unpaired) electrons. The van der Waals surface area contributed by atoms with Gasteiger partial charge in [-0.05, 0) is 12.5 Å². The number of carbonyl (C=O) groups is 1. The summed E-state index contributed by atoms with van der Waals surface area (Å²) in [5.74, 6) is -0.887. The molecule has 0 aromatic carbocycles. The van der Waals surface area contributed by atoms with Crippen molar-refractivity contribution in [3.05, 3.63) is 53.1 Å². The molecule has 1 fully saturated rings. The first-order chi connectivity index (χ1) is 11.6. The molecule has 3 rings (SSSR count). The first-order valence-electron chi connectivity index (χ1n) is 7.72. The lowest BCUT2D eigenvalue weighted by atomic mass is 10.2. The van der Waals surface area contributed by atoms with Crippen LogP contribution in [0.25, 0.3) is 0 Å². The molecule has 2 aromatic heterocycles. The number of ether oxygens (including phenoxy) is 1. The van der Waals surface area contributed by atoms with E-state index in [-0.39, 0.29) is 17.9 Å². The summed E-state index contributed by atoms with van der Waals surface area (Å²) in [5, 5.41) is 11.3. The van der Waals surface area contributed by atoms with Crippen LogP contribution in [0.1, 0.15) is 29.4 Å². The zero-order chi connectivity index (χ0) is 17.1. The molecule has 1 atom stereocenters. The maximum atomic E-state index is 14.1. The average Bonchev–Trinajstić information content (AvgIpc) is 3.04. The molecule has 126 valence electrons. The fraction of sp³-hybridized carbons (Fsp3) is 0.375. The van der Waals surface area contributed by atoms with Gasteiger partial charge in [0, 0.05) is 19.0 Å². The number of aromatic nitrogens is 3. The smallest absolute Gasteiger partial charge is 0.260 e. The molecule has 7 nitrogen and oxygen atoms in total. The molecule has 24 heavy (non-hydrogen) atoms. The number of hydrogen-bond acceptors (Lipinski definition) is 5. The van der Waals surface area contributed by atoms with Crippen LogP contribution in [0.3, 0.4) is 0 Å². The van der Waals surface area contributed by atoms with E-state index >= 15 is 0 Å². The van der Waals surface area contributed by atoms with Crippen molar-refractivity contribution in [1.82, 2.24) is 14.9 Å². The number of likely N-dealkylation sites (tertiary alicyclic amines) is 1. The summed E-state index contributed by atoms with van der Waals surface area (Å²) in [5.41, 5.74) is 0.616. The average molecular weight is 332 g/mol. The fourth-order valence-corrected chi connectivity index (χ4v) is 2.65. The molecule has 1 amide bonds. The summed E-state index contributed by atoms with van der Waals surface area (Å²) in [6.07, 6.45) is 4.49. The Labute approximate surface area is 138 Å². The Morgan fingerprint density at radius 1 is 1.54 bits per heavy atom. The fourth-order valence-electron chi connectivity index (χ4n) is 2.65. The Balaban J connectivity index is 1.67. The van der Waals surface area contributed by atoms with Gasteiger partial charge in [0.25, 0.3) is 11.8 Å². The van der Waals surface area contributed by atoms with Gasteiger partial charge in [0.05, 0.1) is 12.2 Å². The van der Waals surface area contributed by atoms with Crippen LogP contribution in [0, 0.1) is 11.0 Å². The molecule has 3 heterocycles. The number of hydrogen-bond donors (Lipinski definition) is 0. The second-order valence-corrected chi connectivity index (χ2v) is 5.53. The highest BCUT2D eigenvalue weighted by Crippen LogP contribution is 2.21. The van der Waals surface area contributed by atoms with Crippen LogP contribution in [0.4, 0.5) is 4.39 Å². The molecular formula is C16H17FN4O3. The van der Waals surface area contributed by atoms with Crippen LogP contribution in [0.5, 0.6) is 5.88 Å². The highest BCUT2D eigenvalue weighted by Gasteiger charge is 2.30. The van der Waals surface area contributed by atoms with Crippen molar-refractivity contribution in [2.24, 2.45) is 0 Å². The summed E-state index contributed by atoms with van der Waals surface area (Å²) < 4.78 is 20.3. The standard InChI is InChI=1S/C16H17FN4O3/c1-2-13-14(17)15(19-10-18-13)24-12-5-7-20(9-12)16(22)11-4-3-6-21(23)8-11/h3-4,6,8,10,12H,2,5,7,9H2,1H3/t12-/m1/s1. The minimum Gasteiger partial charge on any atom is -0.619 e. The number of carbonyl (C=O) groups excluding carboxylic acids is 1. The molecule has 0 bridgehead atoms. The molecule has 0 unspecified atom stereocenters. The minimum absolute atomic E-state index is 0.0849. The van der Waals surface area contributed by atoms with Gasteiger partial charge in [-0.2, -0.15) is 14.1 Å². The van der Waals surface area contributed by atoms with E-state index in [4.69, 9.17) is 4.74 Å². The van der Waals surface area contributed by atoms with E-state index in [1.165, 1.54) is 24.8 Å². The number of aryl methyl sites for hydroxylation is 1. The maximum Gasteiger partial charge on any atom is 0.260 e. The molecule has 1 saturated heterocycles. The Morgan fingerprint density at radius 2 is 2.38 bits per heavy atom. The number of amides is 1. The van der Waals surface area contributed by atoms with Crippen molar-refractivity contribution in [1.29, 1.82) is 0 Å². The monoisotopic (exact) mass is 332 g/mol. The molecule has 1 aliphatic heterocycles. The molecule has 0 aliphatic carbocycles. The Kier molecular flexibility index (Phi) is 4.54. The predicted molar refractivity (Wildman–Crippen MR) is 81.7 cm³/mol. The highest BCUT2D eigenvalue weighted by molar-refractivity contribution is 5.93. The first kappa shape index (κ1) is 16.1. The summed E-state index contributed by atoms with van der Waals surface area (Å²) >= 11 is 0. The van der Waals surface area contributed by atoms with Gasteiger partial charge in [0.15, 0.2) is 12.4 Å². The van der Waals surface area contributed by atoms with Crippen LogP contribution in [0.15, 0.2) is 30.9 Å². The zero-order valence-electron chi connectivity index (χ0n) is 13.2. The van der Waals surface area contributed by atoms with Crippen molar-refractivity contribution in [2.75, 3.05) is 13.1 Å². The Morgan fingerprint density at radius 3 is 3.12 bits per heavy atom. The zero-order valence-corrected chi connectivity index (χ0v) is 13.2. The van der Waals surface area contributed by atoms with Crippen molar-refractivity contribution in [3.63, 3.8) is 0 Å². The van der Waals surface area contributed by atoms with Gasteiger partial charge >= 0.3 is 0 Å². The lowest BCUT2D eigenvalue weighted by Gasteiger charge is -2.17. The summed E-state index contributed by atoms with van der Waals surface area (Å²) in [6.45, 7) is 2.59. The number of nitrogens with zero attached hydrogens (tertiary/aromatic N) is 4. The molecule has 8 heteroatoms. The normalized spacial score (nSPS) is 17.1. The second-order valence-electron chi connectivity index (χ2n) is 5.53. The lowest BCUT2D eigenvalue weighted by molar-refractivity contribution is -0.605. The Hall–Kier alpha value is -2.77. The minimum atomic E-state index is -0.555. The Bertz CT molecular complexity index is 756. The molecule has 2 aromatic rings. The van der Waals surface area contributed by atoms with E-state index in [0.717, 1.165) is 0 Å². The molecule has 0 saturated carbocycles. The van der Waals surface area contributed by atoms with Gasteiger partial charge in [-0.1, -0.05) is 6.92 Å². The van der Waals surface area contributed by atoms with E-state index in [1.54, 1.807) is 17.9 Å². The van der Waals surface area contributed by atoms with Crippen molar-refractivity contribution in [2.45, 2.75) is 25.9 Å². The second kappa shape index (κ2) is 6.77. The lowest BCUT2D eigenvalue weighted by Crippen LogP contribution is -2.33. The van der Waals surface area contributed by atoms with Gasteiger partial charge in [0.1, 0.15) is 18.0 Å². The van der Waals surface area contributed by atoms with E-state index in [9.17, 15) is 14.4 Å². The third kappa shape index (κ3) is 3.27. The van der Waals surface area contributed by atoms with E-state index < -0.39 is 5.82 Å². The van der Waals surface area contributed by atoms with E-state index in [0.29, 0.717) is 41.9 Å². The maximum absolute atomic E-state index is 14.1. The topological polar surface area (TPSA) is 82.3 Å².